The molecule has 1 N–H and O–H groups in total. The van der Waals surface area contributed by atoms with Crippen molar-refractivity contribution in [1.82, 2.24) is 15.0 Å². The molecule has 0 aliphatic heterocycles. The van der Waals surface area contributed by atoms with Crippen LogP contribution in [0.4, 0.5) is 5.13 Å². The van der Waals surface area contributed by atoms with Crippen molar-refractivity contribution >= 4 is 22.4 Å². The fourth-order valence-corrected chi connectivity index (χ4v) is 3.08. The topological polar surface area (TPSA) is 86.2 Å². The zero-order chi connectivity index (χ0) is 19.2. The molecule has 0 unspecified atom stereocenters. The number of aryl methyl sites for hydroxylation is 1. The molecule has 0 saturated heterocycles. The van der Waals surface area contributed by atoms with E-state index in [9.17, 15) is 4.79 Å². The molecule has 140 valence electrons. The first-order valence-electron chi connectivity index (χ1n) is 8.56. The number of hydrogen-bond donors (Lipinski definition) is 1. The summed E-state index contributed by atoms with van der Waals surface area (Å²) < 4.78 is 11.3. The van der Waals surface area contributed by atoms with Crippen LogP contribution in [0.15, 0.2) is 36.0 Å². The number of carbonyl (C=O) groups excluding carboxylic acids is 1. The smallest absolute Gasteiger partial charge is 0.277 e. The first kappa shape index (κ1) is 18.8. The van der Waals surface area contributed by atoms with Gasteiger partial charge in [-0.25, -0.2) is 9.97 Å². The number of aromatic nitrogens is 3. The van der Waals surface area contributed by atoms with Gasteiger partial charge in [0.25, 0.3) is 5.91 Å². The van der Waals surface area contributed by atoms with E-state index in [2.05, 4.69) is 20.3 Å². The van der Waals surface area contributed by atoms with Crippen LogP contribution in [-0.2, 0) is 0 Å². The van der Waals surface area contributed by atoms with Crippen LogP contribution in [0.2, 0.25) is 0 Å². The summed E-state index contributed by atoms with van der Waals surface area (Å²) in [5, 5.41) is 5.09. The largest absolute Gasteiger partial charge is 0.494 e. The minimum absolute atomic E-state index is 0.241. The van der Waals surface area contributed by atoms with Gasteiger partial charge in [-0.3, -0.25) is 15.1 Å². The molecule has 0 fully saturated rings. The highest BCUT2D eigenvalue weighted by atomic mass is 32.1. The Bertz CT molecular complexity index is 925. The maximum Gasteiger partial charge on any atom is 0.277 e. The normalized spacial score (nSPS) is 10.5. The first-order valence-corrected chi connectivity index (χ1v) is 9.44. The number of rotatable bonds is 7. The van der Waals surface area contributed by atoms with Crippen molar-refractivity contribution in [3.63, 3.8) is 0 Å². The van der Waals surface area contributed by atoms with E-state index >= 15 is 0 Å². The van der Waals surface area contributed by atoms with Crippen molar-refractivity contribution < 1.29 is 14.3 Å². The average molecular weight is 384 g/mol. The van der Waals surface area contributed by atoms with E-state index in [4.69, 9.17) is 9.47 Å². The summed E-state index contributed by atoms with van der Waals surface area (Å²) in [5.41, 5.74) is 2.51. The quantitative estimate of drug-likeness (QED) is 0.664. The third-order valence-corrected chi connectivity index (χ3v) is 4.33. The Balaban J connectivity index is 1.83. The van der Waals surface area contributed by atoms with E-state index in [1.165, 1.54) is 17.5 Å². The van der Waals surface area contributed by atoms with Gasteiger partial charge >= 0.3 is 0 Å². The molecule has 8 heteroatoms. The van der Waals surface area contributed by atoms with Gasteiger partial charge in [0.15, 0.2) is 5.13 Å². The minimum Gasteiger partial charge on any atom is -0.494 e. The predicted molar refractivity (Wildman–Crippen MR) is 105 cm³/mol. The monoisotopic (exact) mass is 384 g/mol. The molecule has 0 bridgehead atoms. The zero-order valence-corrected chi connectivity index (χ0v) is 16.2. The molecule has 3 aromatic rings. The van der Waals surface area contributed by atoms with Crippen LogP contribution in [-0.4, -0.2) is 34.1 Å². The molecular weight excluding hydrogens is 364 g/mol. The third kappa shape index (κ3) is 4.59. The Morgan fingerprint density at radius 3 is 2.67 bits per heavy atom. The third-order valence-electron chi connectivity index (χ3n) is 3.58. The van der Waals surface area contributed by atoms with Gasteiger partial charge in [0.2, 0.25) is 0 Å². The molecule has 0 atom stereocenters. The summed E-state index contributed by atoms with van der Waals surface area (Å²) in [4.78, 5) is 25.0. The van der Waals surface area contributed by atoms with Gasteiger partial charge in [-0.1, -0.05) is 0 Å². The van der Waals surface area contributed by atoms with Crippen LogP contribution in [0.5, 0.6) is 11.5 Å². The second kappa shape index (κ2) is 8.59. The van der Waals surface area contributed by atoms with Gasteiger partial charge in [0.05, 0.1) is 30.8 Å². The highest BCUT2D eigenvalue weighted by molar-refractivity contribution is 7.14. The van der Waals surface area contributed by atoms with Crippen molar-refractivity contribution in [2.45, 2.75) is 20.8 Å². The molecule has 1 amide bonds. The average Bonchev–Trinajstić information content (AvgIpc) is 3.12. The maximum atomic E-state index is 12.3. The summed E-state index contributed by atoms with van der Waals surface area (Å²) in [7, 11) is 0. The Kier molecular flexibility index (Phi) is 5.97. The van der Waals surface area contributed by atoms with Gasteiger partial charge in [0, 0.05) is 17.1 Å². The van der Waals surface area contributed by atoms with Crippen LogP contribution >= 0.6 is 11.3 Å². The van der Waals surface area contributed by atoms with Crippen LogP contribution in [0.25, 0.3) is 11.3 Å². The molecule has 2 aromatic heterocycles. The van der Waals surface area contributed by atoms with Crippen LogP contribution in [0, 0.1) is 6.92 Å². The Morgan fingerprint density at radius 1 is 1.15 bits per heavy atom. The summed E-state index contributed by atoms with van der Waals surface area (Å²) >= 11 is 1.33. The van der Waals surface area contributed by atoms with E-state index in [0.29, 0.717) is 29.8 Å². The second-order valence-corrected chi connectivity index (χ2v) is 6.42. The van der Waals surface area contributed by atoms with Crippen molar-refractivity contribution in [3.05, 3.63) is 47.4 Å². The number of amides is 1. The molecule has 7 nitrogen and oxygen atoms in total. The van der Waals surface area contributed by atoms with Gasteiger partial charge in [-0.2, -0.15) is 0 Å². The zero-order valence-electron chi connectivity index (χ0n) is 15.4. The number of nitrogens with zero attached hydrogens (tertiary/aromatic N) is 3. The predicted octanol–water partition coefficient (Wildman–Crippen LogP) is 3.96. The van der Waals surface area contributed by atoms with Crippen LogP contribution in [0.1, 0.15) is 30.0 Å². The van der Waals surface area contributed by atoms with Crippen molar-refractivity contribution in [1.29, 1.82) is 0 Å². The molecular formula is C19H20N4O3S. The first-order chi connectivity index (χ1) is 13.1. The summed E-state index contributed by atoms with van der Waals surface area (Å²) in [6, 6.07) is 5.62. The number of carbonyl (C=O) groups is 1. The summed E-state index contributed by atoms with van der Waals surface area (Å²) in [6.07, 6.45) is 2.99. The summed E-state index contributed by atoms with van der Waals surface area (Å²) in [6.45, 7) is 6.79. The molecule has 27 heavy (non-hydrogen) atoms. The van der Waals surface area contributed by atoms with Crippen molar-refractivity contribution in [2.75, 3.05) is 18.5 Å². The van der Waals surface area contributed by atoms with E-state index in [1.807, 2.05) is 44.4 Å². The van der Waals surface area contributed by atoms with Crippen LogP contribution < -0.4 is 14.8 Å². The molecule has 0 radical (unpaired) electrons. The number of ether oxygens (including phenoxy) is 2. The number of anilines is 1. The van der Waals surface area contributed by atoms with Gasteiger partial charge in [0.1, 0.15) is 17.2 Å². The van der Waals surface area contributed by atoms with Crippen molar-refractivity contribution in [3.8, 4) is 22.8 Å². The van der Waals surface area contributed by atoms with Gasteiger partial charge < -0.3 is 9.47 Å². The van der Waals surface area contributed by atoms with E-state index in [1.54, 1.807) is 6.20 Å². The van der Waals surface area contributed by atoms with E-state index in [0.717, 1.165) is 17.0 Å². The lowest BCUT2D eigenvalue weighted by Crippen LogP contribution is -2.14. The Hall–Kier alpha value is -3.00. The SMILES string of the molecule is CCOc1ccc(OCC)c(-c2csc(NC(=O)c3cnc(C)cn3)n2)c1. The van der Waals surface area contributed by atoms with E-state index in [-0.39, 0.29) is 11.6 Å². The lowest BCUT2D eigenvalue weighted by molar-refractivity contribution is 0.102. The van der Waals surface area contributed by atoms with Gasteiger partial charge in [-0.15, -0.1) is 11.3 Å². The standard InChI is InChI=1S/C19H20N4O3S/c1-4-25-13-6-7-17(26-5-2)14(8-13)16-11-27-19(22-16)23-18(24)15-10-20-12(3)9-21-15/h6-11H,4-5H2,1-3H3,(H,22,23,24). The number of hydrogen-bond acceptors (Lipinski definition) is 7. The lowest BCUT2D eigenvalue weighted by Gasteiger charge is -2.11. The highest BCUT2D eigenvalue weighted by Crippen LogP contribution is 2.35. The molecule has 0 saturated carbocycles. The second-order valence-electron chi connectivity index (χ2n) is 5.56. The summed E-state index contributed by atoms with van der Waals surface area (Å²) in [5.74, 6) is 1.11. The van der Waals surface area contributed by atoms with E-state index < -0.39 is 0 Å². The van der Waals surface area contributed by atoms with Crippen molar-refractivity contribution in [2.24, 2.45) is 0 Å². The van der Waals surface area contributed by atoms with Gasteiger partial charge in [-0.05, 0) is 39.0 Å². The fourth-order valence-electron chi connectivity index (χ4n) is 2.37. The Labute approximate surface area is 161 Å². The molecule has 0 aliphatic carbocycles. The molecule has 3 rings (SSSR count). The molecule has 0 spiro atoms. The fraction of sp³-hybridized carbons (Fsp3) is 0.263. The molecule has 2 heterocycles. The number of benzene rings is 1. The molecule has 1 aromatic carbocycles. The number of nitrogens with one attached hydrogen (secondary N) is 1. The number of thiazole rings is 1. The van der Waals surface area contributed by atoms with Crippen LogP contribution in [0.3, 0.4) is 0 Å². The lowest BCUT2D eigenvalue weighted by atomic mass is 10.1. The minimum atomic E-state index is -0.350. The molecule has 0 aliphatic rings. The highest BCUT2D eigenvalue weighted by Gasteiger charge is 2.15. The maximum absolute atomic E-state index is 12.3. The Morgan fingerprint density at radius 2 is 1.96 bits per heavy atom.